The Labute approximate surface area is 158 Å². The number of esters is 1. The number of piperidine rings is 1. The minimum absolute atomic E-state index is 0.0276. The van der Waals surface area contributed by atoms with Crippen LogP contribution in [0.25, 0.3) is 0 Å². The number of thiophene rings is 1. The smallest absolute Gasteiger partial charge is 0.317 e. The van der Waals surface area contributed by atoms with Gasteiger partial charge in [0.05, 0.1) is 12.0 Å². The Morgan fingerprint density at radius 3 is 2.73 bits per heavy atom. The molecule has 1 N–H and O–H groups in total. The van der Waals surface area contributed by atoms with Gasteiger partial charge in [0.15, 0.2) is 0 Å². The van der Waals surface area contributed by atoms with Crippen LogP contribution in [-0.4, -0.2) is 60.6 Å². The summed E-state index contributed by atoms with van der Waals surface area (Å²) in [7, 11) is 0. The summed E-state index contributed by atoms with van der Waals surface area (Å²) in [6.07, 6.45) is 4.78. The molecule has 26 heavy (non-hydrogen) atoms. The molecule has 0 saturated carbocycles. The van der Waals surface area contributed by atoms with Gasteiger partial charge in [0.25, 0.3) is 0 Å². The van der Waals surface area contributed by atoms with E-state index in [0.717, 1.165) is 43.8 Å². The molecule has 0 radical (unpaired) electrons. The molecule has 1 spiro atoms. The topological polar surface area (TPSA) is 61.9 Å². The number of carbonyl (C=O) groups is 2. The largest absolute Gasteiger partial charge is 0.461 e. The number of hydrogen-bond acceptors (Lipinski definition) is 5. The van der Waals surface area contributed by atoms with Gasteiger partial charge in [0.1, 0.15) is 6.10 Å². The van der Waals surface area contributed by atoms with Crippen LogP contribution in [0.2, 0.25) is 0 Å². The highest BCUT2D eigenvalue weighted by atomic mass is 32.1. The van der Waals surface area contributed by atoms with Crippen molar-refractivity contribution in [3.05, 3.63) is 22.4 Å². The molecule has 0 aromatic carbocycles. The highest BCUT2D eigenvalue weighted by Gasteiger charge is 2.51. The minimum atomic E-state index is -0.366. The van der Waals surface area contributed by atoms with Crippen LogP contribution in [0.5, 0.6) is 0 Å². The molecule has 1 atom stereocenters. The Morgan fingerprint density at radius 1 is 1.27 bits per heavy atom. The van der Waals surface area contributed by atoms with Gasteiger partial charge in [-0.15, -0.1) is 11.3 Å². The number of nitrogens with zero attached hydrogens (tertiary/aromatic N) is 2. The fraction of sp³-hybridized carbons (Fsp3) is 0.684. The highest BCUT2D eigenvalue weighted by molar-refractivity contribution is 7.09. The first kappa shape index (κ1) is 17.8. The Kier molecular flexibility index (Phi) is 5.18. The first-order valence-corrected chi connectivity index (χ1v) is 10.5. The van der Waals surface area contributed by atoms with Crippen LogP contribution >= 0.6 is 11.3 Å². The lowest BCUT2D eigenvalue weighted by atomic mass is 9.76. The molecular formula is C19H27N3O3S. The Morgan fingerprint density at radius 2 is 2.04 bits per heavy atom. The molecule has 4 heterocycles. The molecule has 7 heteroatoms. The van der Waals surface area contributed by atoms with Crippen molar-refractivity contribution in [3.8, 4) is 0 Å². The van der Waals surface area contributed by atoms with Crippen molar-refractivity contribution in [3.63, 3.8) is 0 Å². The third-order valence-electron chi connectivity index (χ3n) is 5.99. The molecule has 0 aliphatic carbocycles. The maximum atomic E-state index is 12.5. The Hall–Kier alpha value is -1.60. The van der Waals surface area contributed by atoms with Gasteiger partial charge in [-0.3, -0.25) is 9.69 Å². The second kappa shape index (κ2) is 7.56. The number of amides is 2. The van der Waals surface area contributed by atoms with E-state index >= 15 is 0 Å². The molecule has 3 aliphatic heterocycles. The third-order valence-corrected chi connectivity index (χ3v) is 6.86. The maximum absolute atomic E-state index is 12.5. The number of urea groups is 1. The summed E-state index contributed by atoms with van der Waals surface area (Å²) >= 11 is 1.64. The first-order chi connectivity index (χ1) is 12.6. The van der Waals surface area contributed by atoms with Crippen molar-refractivity contribution >= 4 is 23.3 Å². The normalized spacial score (nSPS) is 25.6. The van der Waals surface area contributed by atoms with Crippen molar-refractivity contribution in [2.45, 2.75) is 44.8 Å². The molecule has 1 unspecified atom stereocenters. The van der Waals surface area contributed by atoms with E-state index in [1.807, 2.05) is 22.4 Å². The number of nitrogens with one attached hydrogen (secondary N) is 1. The molecule has 1 aromatic rings. The van der Waals surface area contributed by atoms with Crippen LogP contribution in [0.1, 0.15) is 37.0 Å². The van der Waals surface area contributed by atoms with E-state index in [4.69, 9.17) is 4.74 Å². The molecule has 1 aromatic heterocycles. The number of likely N-dealkylation sites (tertiary alicyclic amines) is 2. The van der Waals surface area contributed by atoms with Gasteiger partial charge in [-0.05, 0) is 50.2 Å². The quantitative estimate of drug-likeness (QED) is 0.819. The van der Waals surface area contributed by atoms with Gasteiger partial charge >= 0.3 is 12.0 Å². The minimum Gasteiger partial charge on any atom is -0.461 e. The van der Waals surface area contributed by atoms with E-state index in [9.17, 15) is 9.59 Å². The molecule has 6 nitrogen and oxygen atoms in total. The third kappa shape index (κ3) is 3.74. The van der Waals surface area contributed by atoms with Gasteiger partial charge in [-0.1, -0.05) is 6.07 Å². The summed E-state index contributed by atoms with van der Waals surface area (Å²) in [6.45, 7) is 4.94. The second-order valence-electron chi connectivity index (χ2n) is 7.74. The van der Waals surface area contributed by atoms with Crippen LogP contribution in [0, 0.1) is 5.41 Å². The average molecular weight is 378 g/mol. The standard InChI is InChI=1S/C19H27N3O3S/c23-17-19(12-15(25-17)14-21-7-1-2-8-21)5-9-22(10-6-19)18(24)20-13-16-4-3-11-26-16/h3-4,11,15H,1-2,5-10,12-14H2,(H,20,24). The summed E-state index contributed by atoms with van der Waals surface area (Å²) in [5, 5.41) is 4.99. The van der Waals surface area contributed by atoms with Gasteiger partial charge in [0.2, 0.25) is 0 Å². The molecule has 3 aliphatic rings. The zero-order valence-electron chi connectivity index (χ0n) is 15.1. The van der Waals surface area contributed by atoms with Crippen molar-refractivity contribution in [1.82, 2.24) is 15.1 Å². The summed E-state index contributed by atoms with van der Waals surface area (Å²) in [4.78, 5) is 30.3. The highest BCUT2D eigenvalue weighted by Crippen LogP contribution is 2.43. The SMILES string of the molecule is O=C(NCc1cccs1)N1CCC2(CC1)CC(CN1CCCC1)OC2=O. The zero-order valence-corrected chi connectivity index (χ0v) is 15.9. The van der Waals surface area contributed by atoms with Crippen molar-refractivity contribution in [2.75, 3.05) is 32.7 Å². The predicted molar refractivity (Wildman–Crippen MR) is 100.0 cm³/mol. The van der Waals surface area contributed by atoms with E-state index < -0.39 is 0 Å². The molecule has 2 amide bonds. The number of ether oxygens (including phenoxy) is 1. The van der Waals surface area contributed by atoms with Crippen molar-refractivity contribution < 1.29 is 14.3 Å². The van der Waals surface area contributed by atoms with Gasteiger partial charge in [0, 0.05) is 30.9 Å². The number of rotatable bonds is 4. The average Bonchev–Trinajstić information content (AvgIpc) is 3.38. The molecule has 3 fully saturated rings. The second-order valence-corrected chi connectivity index (χ2v) is 8.78. The molecule has 4 rings (SSSR count). The monoisotopic (exact) mass is 377 g/mol. The number of hydrogen-bond donors (Lipinski definition) is 1. The maximum Gasteiger partial charge on any atom is 0.317 e. The van der Waals surface area contributed by atoms with E-state index in [1.165, 1.54) is 12.8 Å². The predicted octanol–water partition coefficient (Wildman–Crippen LogP) is 2.45. The van der Waals surface area contributed by atoms with Crippen LogP contribution in [0.4, 0.5) is 4.79 Å². The summed E-state index contributed by atoms with van der Waals surface area (Å²) < 4.78 is 5.71. The molecule has 142 valence electrons. The lowest BCUT2D eigenvalue weighted by Gasteiger charge is -2.36. The first-order valence-electron chi connectivity index (χ1n) is 9.63. The lowest BCUT2D eigenvalue weighted by Crippen LogP contribution is -2.48. The van der Waals surface area contributed by atoms with Crippen LogP contribution in [0.15, 0.2) is 17.5 Å². The van der Waals surface area contributed by atoms with E-state index in [-0.39, 0.29) is 23.5 Å². The van der Waals surface area contributed by atoms with Gasteiger partial charge in [-0.2, -0.15) is 0 Å². The molecule has 0 bridgehead atoms. The molecule has 3 saturated heterocycles. The van der Waals surface area contributed by atoms with Gasteiger partial charge in [-0.25, -0.2) is 4.79 Å². The molecular weight excluding hydrogens is 350 g/mol. The van der Waals surface area contributed by atoms with Crippen LogP contribution in [0.3, 0.4) is 0 Å². The number of cyclic esters (lactones) is 1. The Balaban J connectivity index is 1.26. The van der Waals surface area contributed by atoms with Crippen molar-refractivity contribution in [1.29, 1.82) is 0 Å². The Bertz CT molecular complexity index is 634. The fourth-order valence-corrected chi connectivity index (χ4v) is 5.07. The number of carbonyl (C=O) groups excluding carboxylic acids is 2. The summed E-state index contributed by atoms with van der Waals surface area (Å²) in [5.41, 5.74) is -0.366. The van der Waals surface area contributed by atoms with Crippen LogP contribution < -0.4 is 5.32 Å². The van der Waals surface area contributed by atoms with Crippen molar-refractivity contribution in [2.24, 2.45) is 5.41 Å². The van der Waals surface area contributed by atoms with Crippen LogP contribution in [-0.2, 0) is 16.1 Å². The van der Waals surface area contributed by atoms with Gasteiger partial charge < -0.3 is 15.0 Å². The summed E-state index contributed by atoms with van der Waals surface area (Å²) in [6, 6.07) is 3.97. The fourth-order valence-electron chi connectivity index (χ4n) is 4.43. The lowest BCUT2D eigenvalue weighted by molar-refractivity contribution is -0.150. The van der Waals surface area contributed by atoms with E-state index in [0.29, 0.717) is 19.6 Å². The van der Waals surface area contributed by atoms with E-state index in [1.54, 1.807) is 11.3 Å². The van der Waals surface area contributed by atoms with E-state index in [2.05, 4.69) is 10.2 Å². The summed E-state index contributed by atoms with van der Waals surface area (Å²) in [5.74, 6) is -0.0414. The zero-order chi connectivity index (χ0) is 18.0.